The second kappa shape index (κ2) is 8.18. The molecule has 1 fully saturated rings. The van der Waals surface area contributed by atoms with Crippen LogP contribution in [0, 0.1) is 5.82 Å². The van der Waals surface area contributed by atoms with Crippen molar-refractivity contribution in [1.82, 2.24) is 20.5 Å². The Hall–Kier alpha value is -3.74. The van der Waals surface area contributed by atoms with E-state index in [4.69, 9.17) is 0 Å². The third-order valence-corrected chi connectivity index (χ3v) is 5.69. The van der Waals surface area contributed by atoms with E-state index in [-0.39, 0.29) is 17.8 Å². The van der Waals surface area contributed by atoms with E-state index in [0.29, 0.717) is 12.2 Å². The predicted molar refractivity (Wildman–Crippen MR) is 118 cm³/mol. The molecule has 1 aliphatic rings. The minimum atomic E-state index is -0.265. The molecule has 0 spiro atoms. The molecule has 7 heteroatoms. The second-order valence-electron chi connectivity index (χ2n) is 7.79. The Morgan fingerprint density at radius 2 is 1.97 bits per heavy atom. The highest BCUT2D eigenvalue weighted by Crippen LogP contribution is 2.25. The van der Waals surface area contributed by atoms with Crippen molar-refractivity contribution < 1.29 is 9.18 Å². The van der Waals surface area contributed by atoms with Crippen molar-refractivity contribution in [3.05, 3.63) is 78.4 Å². The Kier molecular flexibility index (Phi) is 5.08. The van der Waals surface area contributed by atoms with E-state index in [1.807, 2.05) is 36.4 Å². The van der Waals surface area contributed by atoms with Gasteiger partial charge in [-0.1, -0.05) is 24.3 Å². The van der Waals surface area contributed by atoms with Gasteiger partial charge in [0, 0.05) is 36.8 Å². The van der Waals surface area contributed by atoms with E-state index >= 15 is 0 Å². The molecule has 156 valence electrons. The SMILES string of the molecule is O=C(N[C@@H]1CCCN(c2cc(-c3ccc(F)cc3)[nH]n2)C1)c1nccc2ccccc12. The number of nitrogens with zero attached hydrogens (tertiary/aromatic N) is 3. The summed E-state index contributed by atoms with van der Waals surface area (Å²) in [5.41, 5.74) is 2.17. The fourth-order valence-corrected chi connectivity index (χ4v) is 4.11. The quantitative estimate of drug-likeness (QED) is 0.525. The number of anilines is 1. The van der Waals surface area contributed by atoms with Gasteiger partial charge in [0.1, 0.15) is 11.5 Å². The smallest absolute Gasteiger partial charge is 0.270 e. The molecule has 1 saturated heterocycles. The van der Waals surface area contributed by atoms with Gasteiger partial charge in [-0.3, -0.25) is 14.9 Å². The third kappa shape index (κ3) is 3.99. The first-order chi connectivity index (χ1) is 15.2. The fraction of sp³-hybridized carbons (Fsp3) is 0.208. The van der Waals surface area contributed by atoms with Crippen LogP contribution in [-0.4, -0.2) is 40.2 Å². The van der Waals surface area contributed by atoms with Crippen LogP contribution in [-0.2, 0) is 0 Å². The molecule has 1 atom stereocenters. The molecule has 2 N–H and O–H groups in total. The number of aromatic amines is 1. The zero-order chi connectivity index (χ0) is 21.2. The average Bonchev–Trinajstić information content (AvgIpc) is 3.30. The fourth-order valence-electron chi connectivity index (χ4n) is 4.11. The Morgan fingerprint density at radius 1 is 1.13 bits per heavy atom. The Labute approximate surface area is 179 Å². The molecule has 2 aromatic carbocycles. The molecule has 0 unspecified atom stereocenters. The van der Waals surface area contributed by atoms with E-state index in [2.05, 4.69) is 25.4 Å². The maximum Gasteiger partial charge on any atom is 0.270 e. The number of piperidine rings is 1. The number of pyridine rings is 1. The number of carbonyl (C=O) groups excluding carboxylic acids is 1. The van der Waals surface area contributed by atoms with Crippen LogP contribution in [0.15, 0.2) is 66.9 Å². The van der Waals surface area contributed by atoms with Crippen molar-refractivity contribution in [2.75, 3.05) is 18.0 Å². The van der Waals surface area contributed by atoms with E-state index in [1.54, 1.807) is 18.3 Å². The molecule has 0 saturated carbocycles. The standard InChI is InChI=1S/C24H22FN5O/c25-18-9-7-17(8-10-18)21-14-22(29-28-21)30-13-3-5-19(15-30)27-24(31)23-20-6-2-1-4-16(20)11-12-26-23/h1-2,4,6-12,14,19H,3,5,13,15H2,(H,27,31)(H,28,29)/t19-/m1/s1. The molecule has 31 heavy (non-hydrogen) atoms. The van der Waals surface area contributed by atoms with Gasteiger partial charge in [-0.15, -0.1) is 0 Å². The molecule has 0 aliphatic carbocycles. The summed E-state index contributed by atoms with van der Waals surface area (Å²) in [5.74, 6) is 0.401. The number of halogens is 1. The third-order valence-electron chi connectivity index (χ3n) is 5.69. The van der Waals surface area contributed by atoms with Gasteiger partial charge in [0.2, 0.25) is 0 Å². The van der Waals surface area contributed by atoms with Crippen LogP contribution in [0.3, 0.4) is 0 Å². The molecular formula is C24H22FN5O. The summed E-state index contributed by atoms with van der Waals surface area (Å²) in [7, 11) is 0. The number of nitrogens with one attached hydrogen (secondary N) is 2. The maximum atomic E-state index is 13.2. The van der Waals surface area contributed by atoms with Crippen molar-refractivity contribution in [1.29, 1.82) is 0 Å². The van der Waals surface area contributed by atoms with Crippen LogP contribution in [0.4, 0.5) is 10.2 Å². The van der Waals surface area contributed by atoms with Crippen LogP contribution in [0.5, 0.6) is 0 Å². The molecule has 1 amide bonds. The highest BCUT2D eigenvalue weighted by molar-refractivity contribution is 6.05. The lowest BCUT2D eigenvalue weighted by Crippen LogP contribution is -2.48. The first kappa shape index (κ1) is 19.2. The molecule has 3 heterocycles. The Balaban J connectivity index is 1.29. The summed E-state index contributed by atoms with van der Waals surface area (Å²) in [4.78, 5) is 19.4. The van der Waals surface area contributed by atoms with Crippen LogP contribution in [0.2, 0.25) is 0 Å². The molecule has 6 nitrogen and oxygen atoms in total. The summed E-state index contributed by atoms with van der Waals surface area (Å²) in [6.45, 7) is 1.54. The largest absolute Gasteiger partial charge is 0.353 e. The van der Waals surface area contributed by atoms with Crippen molar-refractivity contribution in [3.63, 3.8) is 0 Å². The van der Waals surface area contributed by atoms with Crippen molar-refractivity contribution >= 4 is 22.5 Å². The lowest BCUT2D eigenvalue weighted by molar-refractivity contribution is 0.0930. The maximum absolute atomic E-state index is 13.2. The van der Waals surface area contributed by atoms with Crippen LogP contribution < -0.4 is 10.2 Å². The van der Waals surface area contributed by atoms with Crippen molar-refractivity contribution in [3.8, 4) is 11.3 Å². The van der Waals surface area contributed by atoms with Crippen molar-refractivity contribution in [2.45, 2.75) is 18.9 Å². The van der Waals surface area contributed by atoms with E-state index < -0.39 is 0 Å². The van der Waals surface area contributed by atoms with E-state index in [1.165, 1.54) is 12.1 Å². The normalized spacial score (nSPS) is 16.4. The number of benzene rings is 2. The predicted octanol–water partition coefficient (Wildman–Crippen LogP) is 4.16. The number of fused-ring (bicyclic) bond motifs is 1. The number of H-pyrrole nitrogens is 1. The molecular weight excluding hydrogens is 393 g/mol. The highest BCUT2D eigenvalue weighted by Gasteiger charge is 2.24. The summed E-state index contributed by atoms with van der Waals surface area (Å²) in [5, 5.41) is 12.5. The minimum Gasteiger partial charge on any atom is -0.353 e. The second-order valence-corrected chi connectivity index (χ2v) is 7.79. The topological polar surface area (TPSA) is 73.9 Å². The molecule has 0 bridgehead atoms. The number of carbonyl (C=O) groups is 1. The Bertz CT molecular complexity index is 1210. The van der Waals surface area contributed by atoms with Crippen LogP contribution >= 0.6 is 0 Å². The van der Waals surface area contributed by atoms with Gasteiger partial charge in [0.15, 0.2) is 5.82 Å². The van der Waals surface area contributed by atoms with Gasteiger partial charge in [-0.05, 0) is 54.1 Å². The van der Waals surface area contributed by atoms with Crippen LogP contribution in [0.25, 0.3) is 22.0 Å². The first-order valence-electron chi connectivity index (χ1n) is 10.4. The monoisotopic (exact) mass is 415 g/mol. The zero-order valence-corrected chi connectivity index (χ0v) is 16.9. The van der Waals surface area contributed by atoms with Gasteiger partial charge in [-0.25, -0.2) is 4.39 Å². The Morgan fingerprint density at radius 3 is 2.84 bits per heavy atom. The van der Waals surface area contributed by atoms with Gasteiger partial charge in [0.05, 0.1) is 5.69 Å². The summed E-state index contributed by atoms with van der Waals surface area (Å²) < 4.78 is 13.2. The number of aromatic nitrogens is 3. The van der Waals surface area contributed by atoms with Gasteiger partial charge in [-0.2, -0.15) is 5.10 Å². The molecule has 5 rings (SSSR count). The van der Waals surface area contributed by atoms with Crippen LogP contribution in [0.1, 0.15) is 23.3 Å². The van der Waals surface area contributed by atoms with Gasteiger partial charge in [0.25, 0.3) is 5.91 Å². The first-order valence-corrected chi connectivity index (χ1v) is 10.4. The van der Waals surface area contributed by atoms with Crippen molar-refractivity contribution in [2.24, 2.45) is 0 Å². The number of rotatable bonds is 4. The van der Waals surface area contributed by atoms with Gasteiger partial charge < -0.3 is 10.2 Å². The summed E-state index contributed by atoms with van der Waals surface area (Å²) in [6, 6.07) is 18.0. The summed E-state index contributed by atoms with van der Waals surface area (Å²) >= 11 is 0. The van der Waals surface area contributed by atoms with E-state index in [0.717, 1.165) is 47.2 Å². The van der Waals surface area contributed by atoms with Gasteiger partial charge >= 0.3 is 0 Å². The molecule has 1 aliphatic heterocycles. The molecule has 4 aromatic rings. The summed E-state index contributed by atoms with van der Waals surface area (Å²) in [6.07, 6.45) is 3.53. The highest BCUT2D eigenvalue weighted by atomic mass is 19.1. The number of hydrogen-bond acceptors (Lipinski definition) is 4. The number of hydrogen-bond donors (Lipinski definition) is 2. The minimum absolute atomic E-state index is 0.00740. The lowest BCUT2D eigenvalue weighted by Gasteiger charge is -2.33. The average molecular weight is 415 g/mol. The molecule has 0 radical (unpaired) electrons. The lowest BCUT2D eigenvalue weighted by atomic mass is 10.0. The van der Waals surface area contributed by atoms with E-state index in [9.17, 15) is 9.18 Å². The number of amides is 1. The zero-order valence-electron chi connectivity index (χ0n) is 16.9. The molecule has 2 aromatic heterocycles.